The molecule has 2 rings (SSSR count). The van der Waals surface area contributed by atoms with Gasteiger partial charge in [-0.15, -0.1) is 0 Å². The van der Waals surface area contributed by atoms with E-state index >= 15 is 0 Å². The van der Waals surface area contributed by atoms with Crippen LogP contribution in [0.4, 0.5) is 0 Å². The van der Waals surface area contributed by atoms with Crippen molar-refractivity contribution in [3.05, 3.63) is 18.2 Å². The molecule has 1 atom stereocenters. The van der Waals surface area contributed by atoms with Gasteiger partial charge >= 0.3 is 0 Å². The van der Waals surface area contributed by atoms with E-state index in [1.165, 1.54) is 25.7 Å². The largest absolute Gasteiger partial charge is 0.378 e. The third kappa shape index (κ3) is 4.96. The Kier molecular flexibility index (Phi) is 5.86. The van der Waals surface area contributed by atoms with Gasteiger partial charge in [0, 0.05) is 25.5 Å². The van der Waals surface area contributed by atoms with E-state index in [4.69, 9.17) is 4.74 Å². The number of nitrogens with zero attached hydrogens (tertiary/aromatic N) is 2. The molecule has 0 radical (unpaired) electrons. The quantitative estimate of drug-likeness (QED) is 0.785. The lowest BCUT2D eigenvalue weighted by atomic mass is 10.1. The van der Waals surface area contributed by atoms with Gasteiger partial charge in [-0.3, -0.25) is 0 Å². The van der Waals surface area contributed by atoms with Gasteiger partial charge in [0.05, 0.1) is 12.6 Å². The second kappa shape index (κ2) is 7.65. The monoisotopic (exact) mass is 265 g/mol. The van der Waals surface area contributed by atoms with Crippen LogP contribution in [0.2, 0.25) is 0 Å². The molecule has 1 aromatic heterocycles. The van der Waals surface area contributed by atoms with Gasteiger partial charge in [0.1, 0.15) is 5.82 Å². The fraction of sp³-hybridized carbons (Fsp3) is 0.800. The molecule has 1 aliphatic heterocycles. The van der Waals surface area contributed by atoms with Gasteiger partial charge in [0.15, 0.2) is 0 Å². The third-order valence-corrected chi connectivity index (χ3v) is 3.59. The molecule has 108 valence electrons. The van der Waals surface area contributed by atoms with Crippen LogP contribution >= 0.6 is 0 Å². The number of aromatic nitrogens is 2. The Morgan fingerprint density at radius 1 is 1.53 bits per heavy atom. The summed E-state index contributed by atoms with van der Waals surface area (Å²) in [5, 5.41) is 3.45. The van der Waals surface area contributed by atoms with Crippen LogP contribution < -0.4 is 5.32 Å². The molecule has 1 aromatic rings. The van der Waals surface area contributed by atoms with Crippen LogP contribution in [0.5, 0.6) is 0 Å². The first-order valence-electron chi connectivity index (χ1n) is 7.58. The molecule has 0 aromatic carbocycles. The first-order chi connectivity index (χ1) is 9.25. The van der Waals surface area contributed by atoms with Crippen LogP contribution in [-0.4, -0.2) is 28.8 Å². The summed E-state index contributed by atoms with van der Waals surface area (Å²) in [5.41, 5.74) is 0. The molecule has 1 saturated heterocycles. The lowest BCUT2D eigenvalue weighted by Crippen LogP contribution is -2.21. The molecular formula is C15H27N3O. The van der Waals surface area contributed by atoms with Crippen molar-refractivity contribution < 1.29 is 4.74 Å². The van der Waals surface area contributed by atoms with Crippen molar-refractivity contribution in [2.45, 2.75) is 58.7 Å². The predicted molar refractivity (Wildman–Crippen MR) is 77.0 cm³/mol. The highest BCUT2D eigenvalue weighted by Gasteiger charge is 2.14. The standard InChI is InChI=1S/C15H27N3O/c1-13(2)11-16-12-15-17-7-9-18(15)8-3-5-14-6-4-10-19-14/h7,9,13-14,16H,3-6,8,10-12H2,1-2H3. The van der Waals surface area contributed by atoms with E-state index in [2.05, 4.69) is 34.9 Å². The predicted octanol–water partition coefficient (Wildman–Crippen LogP) is 2.59. The van der Waals surface area contributed by atoms with Crippen molar-refractivity contribution in [1.82, 2.24) is 14.9 Å². The van der Waals surface area contributed by atoms with Crippen LogP contribution in [0.3, 0.4) is 0 Å². The molecular weight excluding hydrogens is 238 g/mol. The van der Waals surface area contributed by atoms with Crippen molar-refractivity contribution in [1.29, 1.82) is 0 Å². The molecule has 19 heavy (non-hydrogen) atoms. The zero-order valence-electron chi connectivity index (χ0n) is 12.3. The molecule has 0 aliphatic carbocycles. The Morgan fingerprint density at radius 2 is 2.42 bits per heavy atom. The molecule has 2 heterocycles. The minimum atomic E-state index is 0.506. The summed E-state index contributed by atoms with van der Waals surface area (Å²) in [4.78, 5) is 4.43. The second-order valence-corrected chi connectivity index (χ2v) is 5.84. The van der Waals surface area contributed by atoms with Crippen molar-refractivity contribution >= 4 is 0 Å². The number of imidazole rings is 1. The van der Waals surface area contributed by atoms with E-state index in [0.29, 0.717) is 12.0 Å². The maximum Gasteiger partial charge on any atom is 0.122 e. The number of rotatable bonds is 8. The lowest BCUT2D eigenvalue weighted by Gasteiger charge is -2.12. The first kappa shape index (κ1) is 14.5. The van der Waals surface area contributed by atoms with Gasteiger partial charge in [-0.25, -0.2) is 4.98 Å². The van der Waals surface area contributed by atoms with Gasteiger partial charge in [-0.05, 0) is 38.1 Å². The number of hydrogen-bond acceptors (Lipinski definition) is 3. The van der Waals surface area contributed by atoms with Gasteiger partial charge in [0.25, 0.3) is 0 Å². The average molecular weight is 265 g/mol. The molecule has 4 nitrogen and oxygen atoms in total. The Balaban J connectivity index is 1.69. The topological polar surface area (TPSA) is 39.1 Å². The smallest absolute Gasteiger partial charge is 0.122 e. The molecule has 1 N–H and O–H groups in total. The van der Waals surface area contributed by atoms with Crippen LogP contribution in [-0.2, 0) is 17.8 Å². The average Bonchev–Trinajstić information content (AvgIpc) is 3.01. The van der Waals surface area contributed by atoms with E-state index in [1.807, 2.05) is 6.20 Å². The van der Waals surface area contributed by atoms with Crippen LogP contribution in [0.25, 0.3) is 0 Å². The molecule has 4 heteroatoms. The number of nitrogens with one attached hydrogen (secondary N) is 1. The van der Waals surface area contributed by atoms with Gasteiger partial charge in [0.2, 0.25) is 0 Å². The summed E-state index contributed by atoms with van der Waals surface area (Å²) in [5.74, 6) is 1.83. The number of hydrogen-bond donors (Lipinski definition) is 1. The zero-order chi connectivity index (χ0) is 13.5. The summed E-state index contributed by atoms with van der Waals surface area (Å²) in [6.07, 6.45) is 9.33. The van der Waals surface area contributed by atoms with E-state index in [9.17, 15) is 0 Å². The minimum absolute atomic E-state index is 0.506. The molecule has 1 aliphatic rings. The summed E-state index contributed by atoms with van der Waals surface area (Å²) in [6, 6.07) is 0. The Bertz CT molecular complexity index is 356. The molecule has 1 unspecified atom stereocenters. The SMILES string of the molecule is CC(C)CNCc1nccn1CCCC1CCCO1. The van der Waals surface area contributed by atoms with Crippen molar-refractivity contribution in [2.24, 2.45) is 5.92 Å². The lowest BCUT2D eigenvalue weighted by molar-refractivity contribution is 0.101. The summed E-state index contributed by atoms with van der Waals surface area (Å²) < 4.78 is 7.92. The summed E-state index contributed by atoms with van der Waals surface area (Å²) >= 11 is 0. The Hall–Kier alpha value is -0.870. The van der Waals surface area contributed by atoms with Crippen molar-refractivity contribution in [3.8, 4) is 0 Å². The molecule has 0 saturated carbocycles. The Morgan fingerprint density at radius 3 is 3.16 bits per heavy atom. The van der Waals surface area contributed by atoms with Crippen molar-refractivity contribution in [3.63, 3.8) is 0 Å². The fourth-order valence-corrected chi connectivity index (χ4v) is 2.54. The highest BCUT2D eigenvalue weighted by molar-refractivity contribution is 4.92. The maximum absolute atomic E-state index is 5.66. The molecule has 1 fully saturated rings. The number of ether oxygens (including phenoxy) is 1. The Labute approximate surface area is 116 Å². The highest BCUT2D eigenvalue weighted by atomic mass is 16.5. The van der Waals surface area contributed by atoms with Gasteiger partial charge in [-0.2, -0.15) is 0 Å². The van der Waals surface area contributed by atoms with Gasteiger partial charge in [-0.1, -0.05) is 13.8 Å². The normalized spacial score (nSPS) is 19.4. The first-order valence-corrected chi connectivity index (χ1v) is 7.58. The summed E-state index contributed by atoms with van der Waals surface area (Å²) in [7, 11) is 0. The van der Waals surface area contributed by atoms with E-state index < -0.39 is 0 Å². The second-order valence-electron chi connectivity index (χ2n) is 5.84. The number of aryl methyl sites for hydroxylation is 1. The summed E-state index contributed by atoms with van der Waals surface area (Å²) in [6.45, 7) is 8.37. The van der Waals surface area contributed by atoms with E-state index in [1.54, 1.807) is 0 Å². The van der Waals surface area contributed by atoms with Crippen LogP contribution in [0, 0.1) is 5.92 Å². The van der Waals surface area contributed by atoms with Crippen molar-refractivity contribution in [2.75, 3.05) is 13.2 Å². The molecule has 0 bridgehead atoms. The molecule has 0 spiro atoms. The fourth-order valence-electron chi connectivity index (χ4n) is 2.54. The van der Waals surface area contributed by atoms with Crippen LogP contribution in [0.1, 0.15) is 45.4 Å². The molecule has 0 amide bonds. The third-order valence-electron chi connectivity index (χ3n) is 3.59. The minimum Gasteiger partial charge on any atom is -0.378 e. The van der Waals surface area contributed by atoms with E-state index in [-0.39, 0.29) is 0 Å². The van der Waals surface area contributed by atoms with E-state index in [0.717, 1.165) is 32.1 Å². The zero-order valence-corrected chi connectivity index (χ0v) is 12.3. The maximum atomic E-state index is 5.66. The van der Waals surface area contributed by atoms with Crippen LogP contribution in [0.15, 0.2) is 12.4 Å². The van der Waals surface area contributed by atoms with Gasteiger partial charge < -0.3 is 14.6 Å². The highest BCUT2D eigenvalue weighted by Crippen LogP contribution is 2.17.